The number of aromatic hydroxyl groups is 2. The van der Waals surface area contributed by atoms with E-state index in [1.807, 2.05) is 6.07 Å². The summed E-state index contributed by atoms with van der Waals surface area (Å²) in [7, 11) is 0. The quantitative estimate of drug-likeness (QED) is 0.585. The van der Waals surface area contributed by atoms with Crippen molar-refractivity contribution < 1.29 is 10.2 Å². The van der Waals surface area contributed by atoms with Gasteiger partial charge in [-0.15, -0.1) is 0 Å². The number of hydrogen-bond acceptors (Lipinski definition) is 2. The SMILES string of the molecule is CCCC(c1cc(C(C)(C)C)c(O)cc1C)c1c(C)ccc(C(C)(C)C)c1O. The Kier molecular flexibility index (Phi) is 6.23. The maximum absolute atomic E-state index is 11.3. The highest BCUT2D eigenvalue weighted by Gasteiger charge is 2.28. The summed E-state index contributed by atoms with van der Waals surface area (Å²) in [4.78, 5) is 0. The van der Waals surface area contributed by atoms with Crippen molar-refractivity contribution in [2.75, 3.05) is 0 Å². The van der Waals surface area contributed by atoms with Crippen LogP contribution in [-0.4, -0.2) is 10.2 Å². The molecule has 0 heterocycles. The second-order valence-corrected chi connectivity index (χ2v) is 10.3. The summed E-state index contributed by atoms with van der Waals surface area (Å²) in [5, 5.41) is 21.8. The molecule has 2 aromatic carbocycles. The Bertz CT molecular complexity index is 848. The molecule has 2 rings (SSSR count). The van der Waals surface area contributed by atoms with E-state index in [1.165, 1.54) is 5.56 Å². The van der Waals surface area contributed by atoms with Crippen LogP contribution < -0.4 is 0 Å². The van der Waals surface area contributed by atoms with E-state index in [0.29, 0.717) is 11.5 Å². The Balaban J connectivity index is 2.79. The molecule has 0 amide bonds. The summed E-state index contributed by atoms with van der Waals surface area (Å²) in [5.41, 5.74) is 6.10. The van der Waals surface area contributed by atoms with Crippen LogP contribution in [0.2, 0.25) is 0 Å². The molecule has 1 unspecified atom stereocenters. The number of rotatable bonds is 4. The number of aryl methyl sites for hydroxylation is 2. The van der Waals surface area contributed by atoms with Crippen molar-refractivity contribution in [3.63, 3.8) is 0 Å². The van der Waals surface area contributed by atoms with Gasteiger partial charge in [0.25, 0.3) is 0 Å². The summed E-state index contributed by atoms with van der Waals surface area (Å²) in [6.45, 7) is 19.1. The fourth-order valence-electron chi connectivity index (χ4n) is 4.18. The van der Waals surface area contributed by atoms with Crippen molar-refractivity contribution in [1.29, 1.82) is 0 Å². The zero-order chi connectivity index (χ0) is 21.4. The summed E-state index contributed by atoms with van der Waals surface area (Å²) in [5.74, 6) is 0.887. The van der Waals surface area contributed by atoms with Gasteiger partial charge in [0.2, 0.25) is 0 Å². The molecule has 154 valence electrons. The van der Waals surface area contributed by atoms with Gasteiger partial charge in [-0.25, -0.2) is 0 Å². The average molecular weight is 383 g/mol. The van der Waals surface area contributed by atoms with Gasteiger partial charge in [-0.1, -0.05) is 73.1 Å². The maximum atomic E-state index is 11.3. The molecule has 0 aliphatic heterocycles. The Morgan fingerprint density at radius 2 is 1.39 bits per heavy atom. The molecular weight excluding hydrogens is 344 g/mol. The van der Waals surface area contributed by atoms with Crippen molar-refractivity contribution >= 4 is 0 Å². The minimum Gasteiger partial charge on any atom is -0.508 e. The van der Waals surface area contributed by atoms with Gasteiger partial charge in [0.15, 0.2) is 0 Å². The summed E-state index contributed by atoms with van der Waals surface area (Å²) < 4.78 is 0. The number of phenolic OH excluding ortho intramolecular Hbond substituents is 2. The Morgan fingerprint density at radius 3 is 1.89 bits per heavy atom. The molecule has 0 saturated carbocycles. The highest BCUT2D eigenvalue weighted by Crippen LogP contribution is 2.45. The molecule has 1 atom stereocenters. The molecule has 0 bridgehead atoms. The topological polar surface area (TPSA) is 40.5 Å². The van der Waals surface area contributed by atoms with Crippen LogP contribution in [0.25, 0.3) is 0 Å². The smallest absolute Gasteiger partial charge is 0.123 e. The molecule has 28 heavy (non-hydrogen) atoms. The van der Waals surface area contributed by atoms with Crippen LogP contribution in [0.1, 0.15) is 101 Å². The van der Waals surface area contributed by atoms with Crippen molar-refractivity contribution in [3.05, 3.63) is 57.6 Å². The largest absolute Gasteiger partial charge is 0.508 e. The predicted molar refractivity (Wildman–Crippen MR) is 120 cm³/mol. The van der Waals surface area contributed by atoms with E-state index in [4.69, 9.17) is 0 Å². The summed E-state index contributed by atoms with van der Waals surface area (Å²) in [6, 6.07) is 8.24. The minimum atomic E-state index is -0.145. The minimum absolute atomic E-state index is 0.106. The Morgan fingerprint density at radius 1 is 0.821 bits per heavy atom. The highest BCUT2D eigenvalue weighted by molar-refractivity contribution is 5.55. The number of phenols is 2. The molecule has 0 radical (unpaired) electrons. The standard InChI is InChI=1S/C26H38O2/c1-10-11-18(19-15-21(26(7,8)9)22(27)14-17(19)3)23-16(2)12-13-20(24(23)28)25(4,5)6/h12-15,18,27-28H,10-11H2,1-9H3. The van der Waals surface area contributed by atoms with E-state index in [-0.39, 0.29) is 16.7 Å². The molecule has 2 N–H and O–H groups in total. The van der Waals surface area contributed by atoms with Gasteiger partial charge in [0, 0.05) is 11.5 Å². The molecule has 0 aromatic heterocycles. The molecular formula is C26H38O2. The molecule has 0 aliphatic rings. The van der Waals surface area contributed by atoms with Gasteiger partial charge in [0.05, 0.1) is 0 Å². The van der Waals surface area contributed by atoms with E-state index < -0.39 is 0 Å². The van der Waals surface area contributed by atoms with E-state index in [0.717, 1.165) is 40.7 Å². The fourth-order valence-corrected chi connectivity index (χ4v) is 4.18. The highest BCUT2D eigenvalue weighted by atomic mass is 16.3. The maximum Gasteiger partial charge on any atom is 0.123 e. The van der Waals surface area contributed by atoms with Crippen LogP contribution >= 0.6 is 0 Å². The second kappa shape index (κ2) is 7.81. The monoisotopic (exact) mass is 382 g/mol. The van der Waals surface area contributed by atoms with Crippen molar-refractivity contribution in [2.45, 2.75) is 91.9 Å². The number of hydrogen-bond donors (Lipinski definition) is 2. The summed E-state index contributed by atoms with van der Waals surface area (Å²) in [6.07, 6.45) is 1.98. The van der Waals surface area contributed by atoms with Crippen molar-refractivity contribution in [2.24, 2.45) is 0 Å². The first-order valence-electron chi connectivity index (χ1n) is 10.5. The van der Waals surface area contributed by atoms with E-state index in [2.05, 4.69) is 80.5 Å². The van der Waals surface area contributed by atoms with Crippen LogP contribution in [-0.2, 0) is 10.8 Å². The molecule has 0 aliphatic carbocycles. The summed E-state index contributed by atoms with van der Waals surface area (Å²) >= 11 is 0. The van der Waals surface area contributed by atoms with Crippen LogP contribution in [0.15, 0.2) is 24.3 Å². The molecule has 2 heteroatoms. The molecule has 0 saturated heterocycles. The van der Waals surface area contributed by atoms with Crippen LogP contribution in [0.5, 0.6) is 11.5 Å². The van der Waals surface area contributed by atoms with E-state index >= 15 is 0 Å². The normalized spacial score (nSPS) is 13.6. The van der Waals surface area contributed by atoms with Gasteiger partial charge in [-0.2, -0.15) is 0 Å². The van der Waals surface area contributed by atoms with Gasteiger partial charge < -0.3 is 10.2 Å². The van der Waals surface area contributed by atoms with Crippen LogP contribution in [0.3, 0.4) is 0 Å². The molecule has 0 spiro atoms. The molecule has 0 fully saturated rings. The first kappa shape index (κ1) is 22.3. The third-order valence-corrected chi connectivity index (χ3v) is 5.74. The van der Waals surface area contributed by atoms with E-state index in [1.54, 1.807) is 0 Å². The lowest BCUT2D eigenvalue weighted by atomic mass is 9.76. The molecule has 2 nitrogen and oxygen atoms in total. The van der Waals surface area contributed by atoms with Gasteiger partial charge in [-0.3, -0.25) is 0 Å². The lowest BCUT2D eigenvalue weighted by molar-refractivity contribution is 0.434. The second-order valence-electron chi connectivity index (χ2n) is 10.3. The first-order chi connectivity index (χ1) is 12.8. The third kappa shape index (κ3) is 4.37. The predicted octanol–water partition coefficient (Wildman–Crippen LogP) is 7.24. The lowest BCUT2D eigenvalue weighted by Gasteiger charge is -2.29. The van der Waals surface area contributed by atoms with Crippen molar-refractivity contribution in [3.8, 4) is 11.5 Å². The zero-order valence-electron chi connectivity index (χ0n) is 19.2. The average Bonchev–Trinajstić information content (AvgIpc) is 2.51. The molecule has 2 aromatic rings. The first-order valence-corrected chi connectivity index (χ1v) is 10.5. The zero-order valence-corrected chi connectivity index (χ0v) is 19.2. The van der Waals surface area contributed by atoms with E-state index in [9.17, 15) is 10.2 Å². The van der Waals surface area contributed by atoms with Gasteiger partial charge >= 0.3 is 0 Å². The van der Waals surface area contributed by atoms with Crippen LogP contribution in [0.4, 0.5) is 0 Å². The fraction of sp³-hybridized carbons (Fsp3) is 0.538. The van der Waals surface area contributed by atoms with Crippen molar-refractivity contribution in [1.82, 2.24) is 0 Å². The van der Waals surface area contributed by atoms with Gasteiger partial charge in [0.1, 0.15) is 11.5 Å². The Hall–Kier alpha value is -1.96. The Labute approximate surface area is 171 Å². The van der Waals surface area contributed by atoms with Crippen LogP contribution in [0, 0.1) is 13.8 Å². The third-order valence-electron chi connectivity index (χ3n) is 5.74. The lowest BCUT2D eigenvalue weighted by Crippen LogP contribution is -2.16. The van der Waals surface area contributed by atoms with Gasteiger partial charge in [-0.05, 0) is 65.0 Å². The number of benzene rings is 2.